The number of hydrogen-bond acceptors (Lipinski definition) is 5. The van der Waals surface area contributed by atoms with E-state index in [2.05, 4.69) is 15.3 Å². The topological polar surface area (TPSA) is 59.9 Å². The molecule has 0 unspecified atom stereocenters. The van der Waals surface area contributed by atoms with Crippen molar-refractivity contribution in [1.82, 2.24) is 15.0 Å². The minimum absolute atomic E-state index is 0.271. The fraction of sp³-hybridized carbons (Fsp3) is 0.278. The Kier molecular flexibility index (Phi) is 3.86. The molecule has 1 aliphatic heterocycles. The van der Waals surface area contributed by atoms with Crippen LogP contribution in [0.2, 0.25) is 0 Å². The van der Waals surface area contributed by atoms with Gasteiger partial charge in [-0.15, -0.1) is 0 Å². The van der Waals surface area contributed by atoms with Gasteiger partial charge in [-0.25, -0.2) is 9.97 Å². The molecule has 0 spiro atoms. The Morgan fingerprint density at radius 3 is 2.78 bits per heavy atom. The summed E-state index contributed by atoms with van der Waals surface area (Å²) in [6, 6.07) is 11.9. The number of nitrogens with one attached hydrogen (secondary N) is 1. The van der Waals surface area contributed by atoms with Crippen LogP contribution in [0.1, 0.15) is 12.8 Å². The van der Waals surface area contributed by atoms with Crippen molar-refractivity contribution in [3.05, 3.63) is 48.8 Å². The zero-order chi connectivity index (χ0) is 15.5. The van der Waals surface area contributed by atoms with Crippen molar-refractivity contribution in [3.8, 4) is 11.4 Å². The maximum absolute atomic E-state index is 5.69. The van der Waals surface area contributed by atoms with Gasteiger partial charge < -0.3 is 10.1 Å². The summed E-state index contributed by atoms with van der Waals surface area (Å²) in [5.74, 6) is 1.57. The van der Waals surface area contributed by atoms with E-state index >= 15 is 0 Å². The molecule has 5 heteroatoms. The molecule has 116 valence electrons. The lowest BCUT2D eigenvalue weighted by Gasteiger charge is -2.14. The molecule has 1 fully saturated rings. The Morgan fingerprint density at radius 1 is 1.09 bits per heavy atom. The van der Waals surface area contributed by atoms with Gasteiger partial charge in [-0.2, -0.15) is 0 Å². The van der Waals surface area contributed by atoms with Crippen LogP contribution in [0.4, 0.5) is 5.82 Å². The van der Waals surface area contributed by atoms with Gasteiger partial charge in [-0.3, -0.25) is 4.98 Å². The van der Waals surface area contributed by atoms with Crippen LogP contribution in [0.5, 0.6) is 0 Å². The molecule has 1 aromatic carbocycles. The van der Waals surface area contributed by atoms with Crippen molar-refractivity contribution in [2.24, 2.45) is 0 Å². The average molecular weight is 306 g/mol. The molecule has 3 heterocycles. The van der Waals surface area contributed by atoms with Gasteiger partial charge in [0, 0.05) is 36.5 Å². The van der Waals surface area contributed by atoms with Crippen molar-refractivity contribution in [2.75, 3.05) is 18.5 Å². The first-order valence-corrected chi connectivity index (χ1v) is 7.93. The number of para-hydroxylation sites is 1. The number of benzene rings is 1. The van der Waals surface area contributed by atoms with Gasteiger partial charge in [-0.1, -0.05) is 12.1 Å². The Labute approximate surface area is 134 Å². The summed E-state index contributed by atoms with van der Waals surface area (Å²) in [5, 5.41) is 4.48. The molecule has 5 nitrogen and oxygen atoms in total. The smallest absolute Gasteiger partial charge is 0.162 e. The molecule has 0 amide bonds. The number of anilines is 1. The highest BCUT2D eigenvalue weighted by Crippen LogP contribution is 2.25. The standard InChI is InChI=1S/C18H18N4O/c1-2-6-16-15(5-1)18(20-12-14-4-3-11-23-14)22-17(21-16)13-7-9-19-10-8-13/h1-2,5-10,14H,3-4,11-12H2,(H,20,21,22)/t14-/m0/s1. The van der Waals surface area contributed by atoms with Crippen LogP contribution in [0.3, 0.4) is 0 Å². The van der Waals surface area contributed by atoms with E-state index in [1.54, 1.807) is 12.4 Å². The van der Waals surface area contributed by atoms with E-state index in [9.17, 15) is 0 Å². The van der Waals surface area contributed by atoms with Crippen molar-refractivity contribution < 1.29 is 4.74 Å². The molecule has 2 aromatic heterocycles. The molecule has 3 aromatic rings. The van der Waals surface area contributed by atoms with Crippen molar-refractivity contribution >= 4 is 16.7 Å². The first-order chi connectivity index (χ1) is 11.4. The van der Waals surface area contributed by atoms with Crippen LogP contribution in [-0.2, 0) is 4.74 Å². The molecule has 23 heavy (non-hydrogen) atoms. The van der Waals surface area contributed by atoms with Gasteiger partial charge >= 0.3 is 0 Å². The number of ether oxygens (including phenoxy) is 1. The maximum atomic E-state index is 5.69. The Bertz CT molecular complexity index is 800. The van der Waals surface area contributed by atoms with Crippen LogP contribution in [-0.4, -0.2) is 34.2 Å². The van der Waals surface area contributed by atoms with Gasteiger partial charge in [0.25, 0.3) is 0 Å². The summed E-state index contributed by atoms with van der Waals surface area (Å²) in [6.07, 6.45) is 6.03. The van der Waals surface area contributed by atoms with E-state index in [0.29, 0.717) is 5.82 Å². The van der Waals surface area contributed by atoms with Crippen molar-refractivity contribution in [3.63, 3.8) is 0 Å². The second kappa shape index (κ2) is 6.30. The normalized spacial score (nSPS) is 17.5. The number of hydrogen-bond donors (Lipinski definition) is 1. The molecular formula is C18H18N4O. The molecular weight excluding hydrogens is 288 g/mol. The van der Waals surface area contributed by atoms with Crippen LogP contribution in [0.25, 0.3) is 22.3 Å². The molecule has 1 N–H and O–H groups in total. The fourth-order valence-corrected chi connectivity index (χ4v) is 2.86. The molecule has 0 saturated carbocycles. The molecule has 0 aliphatic carbocycles. The Balaban J connectivity index is 1.71. The van der Waals surface area contributed by atoms with Gasteiger partial charge in [-0.05, 0) is 37.1 Å². The minimum atomic E-state index is 0.271. The summed E-state index contributed by atoms with van der Waals surface area (Å²) in [6.45, 7) is 1.63. The number of pyridine rings is 1. The first kappa shape index (κ1) is 14.1. The highest BCUT2D eigenvalue weighted by molar-refractivity contribution is 5.90. The lowest BCUT2D eigenvalue weighted by atomic mass is 10.2. The Morgan fingerprint density at radius 2 is 1.96 bits per heavy atom. The highest BCUT2D eigenvalue weighted by atomic mass is 16.5. The zero-order valence-electron chi connectivity index (χ0n) is 12.8. The fourth-order valence-electron chi connectivity index (χ4n) is 2.86. The van der Waals surface area contributed by atoms with E-state index in [1.807, 2.05) is 36.4 Å². The largest absolute Gasteiger partial charge is 0.376 e. The van der Waals surface area contributed by atoms with Gasteiger partial charge in [0.2, 0.25) is 0 Å². The summed E-state index contributed by atoms with van der Waals surface area (Å²) in [5.41, 5.74) is 1.90. The maximum Gasteiger partial charge on any atom is 0.162 e. The van der Waals surface area contributed by atoms with E-state index in [1.165, 1.54) is 0 Å². The lowest BCUT2D eigenvalue weighted by molar-refractivity contribution is 0.120. The van der Waals surface area contributed by atoms with Gasteiger partial charge in [0.15, 0.2) is 5.82 Å². The lowest BCUT2D eigenvalue weighted by Crippen LogP contribution is -2.19. The van der Waals surface area contributed by atoms with E-state index in [-0.39, 0.29) is 6.10 Å². The second-order valence-electron chi connectivity index (χ2n) is 5.66. The van der Waals surface area contributed by atoms with Gasteiger partial charge in [0.1, 0.15) is 5.82 Å². The highest BCUT2D eigenvalue weighted by Gasteiger charge is 2.16. The van der Waals surface area contributed by atoms with E-state index < -0.39 is 0 Å². The van der Waals surface area contributed by atoms with Gasteiger partial charge in [0.05, 0.1) is 11.6 Å². The average Bonchev–Trinajstić information content (AvgIpc) is 3.14. The van der Waals surface area contributed by atoms with E-state index in [0.717, 1.165) is 48.3 Å². The SMILES string of the molecule is c1ccc2c(NC[C@@H]3CCCO3)nc(-c3ccncc3)nc2c1. The summed E-state index contributed by atoms with van der Waals surface area (Å²) in [7, 11) is 0. The summed E-state index contributed by atoms with van der Waals surface area (Å²) in [4.78, 5) is 13.5. The molecule has 1 atom stereocenters. The molecule has 0 bridgehead atoms. The quantitative estimate of drug-likeness (QED) is 0.801. The predicted octanol–water partition coefficient (Wildman–Crippen LogP) is 3.28. The molecule has 0 radical (unpaired) electrons. The number of aromatic nitrogens is 3. The third-order valence-electron chi connectivity index (χ3n) is 4.06. The van der Waals surface area contributed by atoms with E-state index in [4.69, 9.17) is 9.72 Å². The number of fused-ring (bicyclic) bond motifs is 1. The molecule has 1 saturated heterocycles. The minimum Gasteiger partial charge on any atom is -0.376 e. The number of nitrogens with zero attached hydrogens (tertiary/aromatic N) is 3. The summed E-state index contributed by atoms with van der Waals surface area (Å²) >= 11 is 0. The van der Waals surface area contributed by atoms with Crippen LogP contribution in [0, 0.1) is 0 Å². The van der Waals surface area contributed by atoms with Crippen LogP contribution >= 0.6 is 0 Å². The molecule has 4 rings (SSSR count). The van der Waals surface area contributed by atoms with Crippen molar-refractivity contribution in [1.29, 1.82) is 0 Å². The predicted molar refractivity (Wildman–Crippen MR) is 90.2 cm³/mol. The first-order valence-electron chi connectivity index (χ1n) is 7.93. The number of rotatable bonds is 4. The monoisotopic (exact) mass is 306 g/mol. The third-order valence-corrected chi connectivity index (χ3v) is 4.06. The summed E-state index contributed by atoms with van der Waals surface area (Å²) < 4.78 is 5.69. The zero-order valence-corrected chi connectivity index (χ0v) is 12.8. The van der Waals surface area contributed by atoms with Crippen molar-refractivity contribution in [2.45, 2.75) is 18.9 Å². The molecule has 1 aliphatic rings. The van der Waals surface area contributed by atoms with Crippen LogP contribution < -0.4 is 5.32 Å². The third kappa shape index (κ3) is 3.00. The van der Waals surface area contributed by atoms with Crippen LogP contribution in [0.15, 0.2) is 48.8 Å². The second-order valence-corrected chi connectivity index (χ2v) is 5.66. The Hall–Kier alpha value is -2.53.